The average Bonchev–Trinajstić information content (AvgIpc) is 3.11. The van der Waals surface area contributed by atoms with Gasteiger partial charge in [0, 0.05) is 24.2 Å². The molecule has 15 heavy (non-hydrogen) atoms. The van der Waals surface area contributed by atoms with Gasteiger partial charge >= 0.3 is 0 Å². The first-order chi connectivity index (χ1) is 7.22. The van der Waals surface area contributed by atoms with Crippen molar-refractivity contribution in [2.24, 2.45) is 5.92 Å². The molecule has 1 aliphatic rings. The monoisotopic (exact) mass is 204 g/mol. The van der Waals surface area contributed by atoms with Crippen molar-refractivity contribution in [3.63, 3.8) is 0 Å². The van der Waals surface area contributed by atoms with Gasteiger partial charge in [0.05, 0.1) is 5.56 Å². The van der Waals surface area contributed by atoms with E-state index in [1.54, 1.807) is 12.4 Å². The molecule has 3 nitrogen and oxygen atoms in total. The molecule has 0 saturated heterocycles. The van der Waals surface area contributed by atoms with Gasteiger partial charge in [0.1, 0.15) is 5.82 Å². The lowest BCUT2D eigenvalue weighted by Gasteiger charge is -2.06. The lowest BCUT2D eigenvalue weighted by Crippen LogP contribution is -2.11. The van der Waals surface area contributed by atoms with Crippen LogP contribution in [0.5, 0.6) is 0 Å². The van der Waals surface area contributed by atoms with Crippen molar-refractivity contribution in [3.05, 3.63) is 23.8 Å². The maximum Gasteiger partial charge on any atom is 0.168 e. The van der Waals surface area contributed by atoms with E-state index in [2.05, 4.69) is 9.97 Å². The van der Waals surface area contributed by atoms with Gasteiger partial charge in [-0.2, -0.15) is 0 Å². The Morgan fingerprint density at radius 1 is 1.47 bits per heavy atom. The van der Waals surface area contributed by atoms with Crippen molar-refractivity contribution < 1.29 is 4.79 Å². The van der Waals surface area contributed by atoms with Crippen LogP contribution >= 0.6 is 0 Å². The molecular formula is C12H16N2O. The fourth-order valence-electron chi connectivity index (χ4n) is 1.49. The Balaban J connectivity index is 2.12. The molecule has 80 valence electrons. The van der Waals surface area contributed by atoms with Gasteiger partial charge in [-0.25, -0.2) is 9.97 Å². The molecule has 0 aromatic carbocycles. The van der Waals surface area contributed by atoms with Crippen LogP contribution in [0.1, 0.15) is 55.2 Å². The number of hydrogen-bond donors (Lipinski definition) is 0. The molecule has 0 spiro atoms. The van der Waals surface area contributed by atoms with E-state index in [1.807, 2.05) is 13.8 Å². The van der Waals surface area contributed by atoms with Gasteiger partial charge in [0.2, 0.25) is 0 Å². The lowest BCUT2D eigenvalue weighted by atomic mass is 9.99. The Morgan fingerprint density at radius 3 is 2.53 bits per heavy atom. The first-order valence-electron chi connectivity index (χ1n) is 5.58. The summed E-state index contributed by atoms with van der Waals surface area (Å²) in [4.78, 5) is 20.3. The molecule has 0 bridgehead atoms. The largest absolute Gasteiger partial charge is 0.294 e. The number of carbonyl (C=O) groups is 1. The molecular weight excluding hydrogens is 188 g/mol. The molecule has 2 rings (SSSR count). The van der Waals surface area contributed by atoms with Crippen molar-refractivity contribution in [3.8, 4) is 0 Å². The Morgan fingerprint density at radius 2 is 2.07 bits per heavy atom. The normalized spacial score (nSPS) is 17.5. The minimum Gasteiger partial charge on any atom is -0.294 e. The summed E-state index contributed by atoms with van der Waals surface area (Å²) < 4.78 is 0. The van der Waals surface area contributed by atoms with Crippen LogP contribution in [-0.2, 0) is 0 Å². The van der Waals surface area contributed by atoms with Crippen LogP contribution < -0.4 is 0 Å². The van der Waals surface area contributed by atoms with Crippen LogP contribution in [0.2, 0.25) is 0 Å². The SMILES string of the molecule is CCC(C)C(=O)c1cnc(C2CC2)nc1. The molecule has 0 N–H and O–H groups in total. The molecule has 1 fully saturated rings. The van der Waals surface area contributed by atoms with Crippen LogP contribution in [0.3, 0.4) is 0 Å². The number of rotatable bonds is 4. The average molecular weight is 204 g/mol. The summed E-state index contributed by atoms with van der Waals surface area (Å²) in [5.74, 6) is 1.67. The third kappa shape index (κ3) is 2.22. The first kappa shape index (κ1) is 10.3. The number of hydrogen-bond acceptors (Lipinski definition) is 3. The van der Waals surface area contributed by atoms with E-state index in [9.17, 15) is 4.79 Å². The maximum atomic E-state index is 11.8. The molecule has 0 aliphatic heterocycles. The highest BCUT2D eigenvalue weighted by atomic mass is 16.1. The van der Waals surface area contributed by atoms with Crippen molar-refractivity contribution in [2.75, 3.05) is 0 Å². The molecule has 1 atom stereocenters. The molecule has 1 saturated carbocycles. The minimum atomic E-state index is 0.0698. The molecule has 1 aromatic heterocycles. The van der Waals surface area contributed by atoms with E-state index in [4.69, 9.17) is 0 Å². The number of Topliss-reactive ketones (excluding diaryl/α,β-unsaturated/α-hetero) is 1. The van der Waals surface area contributed by atoms with Gasteiger partial charge in [-0.3, -0.25) is 4.79 Å². The highest BCUT2D eigenvalue weighted by Crippen LogP contribution is 2.37. The van der Waals surface area contributed by atoms with Crippen molar-refractivity contribution in [2.45, 2.75) is 39.0 Å². The van der Waals surface area contributed by atoms with Gasteiger partial charge < -0.3 is 0 Å². The number of carbonyl (C=O) groups excluding carboxylic acids is 1. The second-order valence-corrected chi connectivity index (χ2v) is 4.28. The van der Waals surface area contributed by atoms with E-state index in [-0.39, 0.29) is 11.7 Å². The zero-order chi connectivity index (χ0) is 10.8. The second kappa shape index (κ2) is 4.09. The zero-order valence-corrected chi connectivity index (χ0v) is 9.23. The van der Waals surface area contributed by atoms with E-state index < -0.39 is 0 Å². The van der Waals surface area contributed by atoms with Crippen molar-refractivity contribution in [1.82, 2.24) is 9.97 Å². The fourth-order valence-corrected chi connectivity index (χ4v) is 1.49. The summed E-state index contributed by atoms with van der Waals surface area (Å²) >= 11 is 0. The van der Waals surface area contributed by atoms with Crippen LogP contribution in [0.4, 0.5) is 0 Å². The Kier molecular flexibility index (Phi) is 2.80. The topological polar surface area (TPSA) is 42.9 Å². The Bertz CT molecular complexity index is 354. The Hall–Kier alpha value is -1.25. The number of ketones is 1. The third-order valence-corrected chi connectivity index (χ3v) is 2.96. The molecule has 1 aliphatic carbocycles. The molecule has 1 heterocycles. The van der Waals surface area contributed by atoms with Crippen molar-refractivity contribution >= 4 is 5.78 Å². The van der Waals surface area contributed by atoms with E-state index in [0.717, 1.165) is 12.2 Å². The molecule has 0 amide bonds. The smallest absolute Gasteiger partial charge is 0.168 e. The summed E-state index contributed by atoms with van der Waals surface area (Å²) in [5.41, 5.74) is 0.647. The van der Waals surface area contributed by atoms with Crippen LogP contribution in [0.15, 0.2) is 12.4 Å². The number of aromatic nitrogens is 2. The molecule has 3 heteroatoms. The number of nitrogens with zero attached hydrogens (tertiary/aromatic N) is 2. The molecule has 0 radical (unpaired) electrons. The second-order valence-electron chi connectivity index (χ2n) is 4.28. The fraction of sp³-hybridized carbons (Fsp3) is 0.583. The predicted molar refractivity (Wildman–Crippen MR) is 57.8 cm³/mol. The summed E-state index contributed by atoms with van der Waals surface area (Å²) in [5, 5.41) is 0. The van der Waals surface area contributed by atoms with E-state index >= 15 is 0 Å². The van der Waals surface area contributed by atoms with Gasteiger partial charge in [-0.05, 0) is 19.3 Å². The zero-order valence-electron chi connectivity index (χ0n) is 9.23. The van der Waals surface area contributed by atoms with E-state index in [0.29, 0.717) is 11.5 Å². The molecule has 1 unspecified atom stereocenters. The van der Waals surface area contributed by atoms with Gasteiger partial charge in [0.15, 0.2) is 5.78 Å². The molecule has 1 aromatic rings. The maximum absolute atomic E-state index is 11.8. The van der Waals surface area contributed by atoms with Gasteiger partial charge in [-0.15, -0.1) is 0 Å². The minimum absolute atomic E-state index is 0.0698. The van der Waals surface area contributed by atoms with Crippen molar-refractivity contribution in [1.29, 1.82) is 0 Å². The summed E-state index contributed by atoms with van der Waals surface area (Å²) in [6.45, 7) is 3.96. The summed E-state index contributed by atoms with van der Waals surface area (Å²) in [7, 11) is 0. The summed E-state index contributed by atoms with van der Waals surface area (Å²) in [6.07, 6.45) is 6.60. The quantitative estimate of drug-likeness (QED) is 0.708. The van der Waals surface area contributed by atoms with Gasteiger partial charge in [0.25, 0.3) is 0 Å². The highest BCUT2D eigenvalue weighted by molar-refractivity contribution is 5.97. The standard InChI is InChI=1S/C12H16N2O/c1-3-8(2)11(15)10-6-13-12(14-7-10)9-4-5-9/h6-9H,3-5H2,1-2H3. The lowest BCUT2D eigenvalue weighted by molar-refractivity contribution is 0.0926. The van der Waals surface area contributed by atoms with Crippen LogP contribution in [-0.4, -0.2) is 15.8 Å². The summed E-state index contributed by atoms with van der Waals surface area (Å²) in [6, 6.07) is 0. The third-order valence-electron chi connectivity index (χ3n) is 2.96. The van der Waals surface area contributed by atoms with Crippen LogP contribution in [0.25, 0.3) is 0 Å². The Labute approximate surface area is 89.9 Å². The van der Waals surface area contributed by atoms with Gasteiger partial charge in [-0.1, -0.05) is 13.8 Å². The highest BCUT2D eigenvalue weighted by Gasteiger charge is 2.26. The predicted octanol–water partition coefficient (Wildman–Crippen LogP) is 2.58. The first-order valence-corrected chi connectivity index (χ1v) is 5.58. The van der Waals surface area contributed by atoms with E-state index in [1.165, 1.54) is 12.8 Å². The van der Waals surface area contributed by atoms with Crippen LogP contribution in [0, 0.1) is 5.92 Å².